The molecule has 1 unspecified atom stereocenters. The Bertz CT molecular complexity index is 1040. The van der Waals surface area contributed by atoms with Gasteiger partial charge < -0.3 is 14.2 Å². The molecule has 1 atom stereocenters. The average molecular weight is 783 g/mol. The first-order valence-electron chi connectivity index (χ1n) is 23.3. The third kappa shape index (κ3) is 42.3. The molecule has 0 aromatic carbocycles. The third-order valence-electron chi connectivity index (χ3n) is 9.85. The number of carbonyl (C=O) groups excluding carboxylic acids is 3. The first kappa shape index (κ1) is 53.1. The van der Waals surface area contributed by atoms with E-state index in [4.69, 9.17) is 14.2 Å². The summed E-state index contributed by atoms with van der Waals surface area (Å²) in [4.78, 5) is 37.7. The van der Waals surface area contributed by atoms with Gasteiger partial charge in [-0.3, -0.25) is 14.4 Å². The standard InChI is InChI=1S/C50H86O6/c1-4-7-10-13-16-19-21-23-24-25-27-28-31-34-37-40-43-49(52)55-46-47(45-54-48(51)42-39-36-33-30-18-15-12-9-6-3)56-50(53)44-41-38-35-32-29-26-22-20-17-14-11-8-5-2/h8,11,14,17,20,22,26,29-30,33,47H,4-7,9-10,12-13,15-16,18-19,21,23-25,27-28,31-32,34-46H2,1-3H3/b11-8-,17-14-,22-20-,29-26-,33-30-. The van der Waals surface area contributed by atoms with E-state index in [2.05, 4.69) is 45.1 Å². The highest BCUT2D eigenvalue weighted by Gasteiger charge is 2.19. The van der Waals surface area contributed by atoms with Gasteiger partial charge in [0, 0.05) is 19.3 Å². The van der Waals surface area contributed by atoms with Gasteiger partial charge in [-0.25, -0.2) is 0 Å². The Labute approximate surface area is 345 Å². The second-order valence-corrected chi connectivity index (χ2v) is 15.4. The van der Waals surface area contributed by atoms with Crippen LogP contribution in [-0.4, -0.2) is 37.2 Å². The van der Waals surface area contributed by atoms with Gasteiger partial charge in [0.05, 0.1) is 0 Å². The Kier molecular flexibility index (Phi) is 42.5. The van der Waals surface area contributed by atoms with E-state index >= 15 is 0 Å². The van der Waals surface area contributed by atoms with E-state index in [-0.39, 0.29) is 37.5 Å². The van der Waals surface area contributed by atoms with Crippen molar-refractivity contribution in [1.82, 2.24) is 0 Å². The zero-order chi connectivity index (χ0) is 40.8. The van der Waals surface area contributed by atoms with Crippen LogP contribution in [0.4, 0.5) is 0 Å². The van der Waals surface area contributed by atoms with Crippen molar-refractivity contribution in [3.8, 4) is 0 Å². The molecule has 0 fully saturated rings. The molecule has 0 bridgehead atoms. The lowest BCUT2D eigenvalue weighted by Gasteiger charge is -2.18. The molecule has 0 spiro atoms. The van der Waals surface area contributed by atoms with Gasteiger partial charge in [0.2, 0.25) is 0 Å². The summed E-state index contributed by atoms with van der Waals surface area (Å²) >= 11 is 0. The van der Waals surface area contributed by atoms with Crippen molar-refractivity contribution in [2.75, 3.05) is 13.2 Å². The quantitative estimate of drug-likeness (QED) is 0.0202. The molecule has 6 heteroatoms. The number of carbonyl (C=O) groups is 3. The molecule has 0 aromatic heterocycles. The van der Waals surface area contributed by atoms with Gasteiger partial charge in [-0.15, -0.1) is 0 Å². The Morgan fingerprint density at radius 1 is 0.375 bits per heavy atom. The first-order chi connectivity index (χ1) is 27.5. The predicted molar refractivity (Wildman–Crippen MR) is 238 cm³/mol. The molecule has 0 saturated carbocycles. The molecular formula is C50H86O6. The zero-order valence-corrected chi connectivity index (χ0v) is 36.6. The van der Waals surface area contributed by atoms with Crippen molar-refractivity contribution in [3.63, 3.8) is 0 Å². The number of ether oxygens (including phenoxy) is 3. The van der Waals surface area contributed by atoms with E-state index < -0.39 is 6.10 Å². The summed E-state index contributed by atoms with van der Waals surface area (Å²) in [5.74, 6) is -0.975. The van der Waals surface area contributed by atoms with Gasteiger partial charge in [0.25, 0.3) is 0 Å². The minimum Gasteiger partial charge on any atom is -0.462 e. The summed E-state index contributed by atoms with van der Waals surface area (Å²) in [6.45, 7) is 6.40. The van der Waals surface area contributed by atoms with E-state index in [1.54, 1.807) is 0 Å². The lowest BCUT2D eigenvalue weighted by atomic mass is 10.0. The van der Waals surface area contributed by atoms with Crippen molar-refractivity contribution >= 4 is 17.9 Å². The average Bonchev–Trinajstić information content (AvgIpc) is 3.19. The summed E-state index contributed by atoms with van der Waals surface area (Å²) in [5, 5.41) is 0. The molecule has 0 N–H and O–H groups in total. The van der Waals surface area contributed by atoms with Crippen molar-refractivity contribution in [3.05, 3.63) is 60.8 Å². The first-order valence-corrected chi connectivity index (χ1v) is 23.3. The predicted octanol–water partition coefficient (Wildman–Crippen LogP) is 14.9. The van der Waals surface area contributed by atoms with Crippen LogP contribution in [0.25, 0.3) is 0 Å². The maximum atomic E-state index is 12.7. The molecule has 6 nitrogen and oxygen atoms in total. The van der Waals surface area contributed by atoms with Crippen LogP contribution in [0.5, 0.6) is 0 Å². The van der Waals surface area contributed by atoms with Crippen LogP contribution >= 0.6 is 0 Å². The van der Waals surface area contributed by atoms with Crippen LogP contribution in [0, 0.1) is 0 Å². The van der Waals surface area contributed by atoms with Gasteiger partial charge in [-0.1, -0.05) is 204 Å². The summed E-state index contributed by atoms with van der Waals surface area (Å²) < 4.78 is 16.6. The summed E-state index contributed by atoms with van der Waals surface area (Å²) in [6.07, 6.45) is 53.6. The third-order valence-corrected chi connectivity index (χ3v) is 9.85. The van der Waals surface area contributed by atoms with E-state index in [0.717, 1.165) is 57.8 Å². The molecule has 0 saturated heterocycles. The van der Waals surface area contributed by atoms with Crippen molar-refractivity contribution < 1.29 is 28.6 Å². The van der Waals surface area contributed by atoms with E-state index in [1.807, 2.05) is 36.5 Å². The van der Waals surface area contributed by atoms with Crippen molar-refractivity contribution in [2.24, 2.45) is 0 Å². The maximum absolute atomic E-state index is 12.7. The number of hydrogen-bond acceptors (Lipinski definition) is 6. The Balaban J connectivity index is 4.40. The molecule has 0 heterocycles. The van der Waals surface area contributed by atoms with Gasteiger partial charge in [0.15, 0.2) is 6.10 Å². The van der Waals surface area contributed by atoms with Crippen molar-refractivity contribution in [1.29, 1.82) is 0 Å². The molecule has 0 aromatic rings. The molecular weight excluding hydrogens is 697 g/mol. The number of esters is 3. The van der Waals surface area contributed by atoms with Crippen LogP contribution in [0.3, 0.4) is 0 Å². The van der Waals surface area contributed by atoms with Gasteiger partial charge >= 0.3 is 17.9 Å². The smallest absolute Gasteiger partial charge is 0.306 e. The molecule has 56 heavy (non-hydrogen) atoms. The van der Waals surface area contributed by atoms with Crippen LogP contribution in [0.1, 0.15) is 220 Å². The Morgan fingerprint density at radius 3 is 1.23 bits per heavy atom. The lowest BCUT2D eigenvalue weighted by molar-refractivity contribution is -0.167. The monoisotopic (exact) mass is 783 g/mol. The molecule has 0 aliphatic carbocycles. The summed E-state index contributed by atoms with van der Waals surface area (Å²) in [7, 11) is 0. The highest BCUT2D eigenvalue weighted by molar-refractivity contribution is 5.71. The lowest BCUT2D eigenvalue weighted by Crippen LogP contribution is -2.30. The van der Waals surface area contributed by atoms with Gasteiger partial charge in [0.1, 0.15) is 13.2 Å². The van der Waals surface area contributed by atoms with Crippen LogP contribution in [0.2, 0.25) is 0 Å². The summed E-state index contributed by atoms with van der Waals surface area (Å²) in [5.41, 5.74) is 0. The molecule has 0 aliphatic heterocycles. The maximum Gasteiger partial charge on any atom is 0.306 e. The molecule has 0 amide bonds. The topological polar surface area (TPSA) is 78.9 Å². The number of hydrogen-bond donors (Lipinski definition) is 0. The van der Waals surface area contributed by atoms with Crippen LogP contribution < -0.4 is 0 Å². The fourth-order valence-corrected chi connectivity index (χ4v) is 6.34. The normalized spacial score (nSPS) is 12.6. The minimum absolute atomic E-state index is 0.0973. The molecule has 0 radical (unpaired) electrons. The fraction of sp³-hybridized carbons (Fsp3) is 0.740. The molecule has 0 rings (SSSR count). The highest BCUT2D eigenvalue weighted by atomic mass is 16.6. The molecule has 0 aliphatic rings. The highest BCUT2D eigenvalue weighted by Crippen LogP contribution is 2.15. The largest absolute Gasteiger partial charge is 0.462 e. The number of rotatable bonds is 41. The second kappa shape index (κ2) is 44.8. The van der Waals surface area contributed by atoms with Crippen molar-refractivity contribution in [2.45, 2.75) is 226 Å². The van der Waals surface area contributed by atoms with E-state index in [0.29, 0.717) is 25.7 Å². The van der Waals surface area contributed by atoms with Crippen LogP contribution in [-0.2, 0) is 28.6 Å². The summed E-state index contributed by atoms with van der Waals surface area (Å²) in [6, 6.07) is 0. The van der Waals surface area contributed by atoms with Gasteiger partial charge in [-0.2, -0.15) is 0 Å². The SMILES string of the molecule is CC\C=C/C=C\C=C/C=C\CCCCCC(=O)OC(COC(=O)CCC/C=C\CCCCCC)COC(=O)CCCCCCCCCCCCCCCCCC. The van der Waals surface area contributed by atoms with E-state index in [9.17, 15) is 14.4 Å². The fourth-order valence-electron chi connectivity index (χ4n) is 6.34. The van der Waals surface area contributed by atoms with Gasteiger partial charge in [-0.05, 0) is 57.8 Å². The Hall–Kier alpha value is -2.89. The number of unbranched alkanes of at least 4 members (excludes halogenated alkanes) is 23. The Morgan fingerprint density at radius 2 is 0.732 bits per heavy atom. The zero-order valence-electron chi connectivity index (χ0n) is 36.6. The van der Waals surface area contributed by atoms with E-state index in [1.165, 1.54) is 109 Å². The number of allylic oxidation sites excluding steroid dienone is 10. The van der Waals surface area contributed by atoms with Crippen LogP contribution in [0.15, 0.2) is 60.8 Å². The minimum atomic E-state index is -0.801. The molecule has 322 valence electrons. The second-order valence-electron chi connectivity index (χ2n) is 15.4.